The molecule has 11 nitrogen and oxygen atoms in total. The number of aliphatic carboxylic acids is 1. The van der Waals surface area contributed by atoms with Crippen LogP contribution in [0.15, 0.2) is 54.3 Å². The van der Waals surface area contributed by atoms with Crippen molar-refractivity contribution in [3.8, 4) is 11.5 Å². The molecule has 3 aliphatic carbocycles. The number of rotatable bonds is 10. The number of methoxy groups -OCH3 is 1. The third-order valence-corrected chi connectivity index (χ3v) is 9.44. The number of hydrogen-bond donors (Lipinski definition) is 2. The van der Waals surface area contributed by atoms with Gasteiger partial charge in [0.2, 0.25) is 6.10 Å². The summed E-state index contributed by atoms with van der Waals surface area (Å²) in [5.74, 6) is -2.53. The van der Waals surface area contributed by atoms with Crippen molar-refractivity contribution in [2.45, 2.75) is 81.2 Å². The first-order valence-corrected chi connectivity index (χ1v) is 14.8. The van der Waals surface area contributed by atoms with Gasteiger partial charge in [0.1, 0.15) is 5.76 Å². The summed E-state index contributed by atoms with van der Waals surface area (Å²) in [5.41, 5.74) is 0.488. The molecule has 4 aliphatic rings. The average molecular weight is 607 g/mol. The van der Waals surface area contributed by atoms with Crippen molar-refractivity contribution in [1.82, 2.24) is 0 Å². The van der Waals surface area contributed by atoms with E-state index in [4.69, 9.17) is 28.8 Å². The van der Waals surface area contributed by atoms with E-state index in [0.29, 0.717) is 24.3 Å². The number of carboxylic acids is 1. The van der Waals surface area contributed by atoms with Crippen molar-refractivity contribution in [3.05, 3.63) is 71.0 Å². The summed E-state index contributed by atoms with van der Waals surface area (Å²) in [6, 6.07) is 11.9. The van der Waals surface area contributed by atoms with E-state index in [0.717, 1.165) is 30.4 Å². The standard InChI is InChI=1S/C33H34O11/c1-18(30(36)37)41-31(38)27(19-7-4-3-5-8-19)43-25(35)13-12-24(34)42-23-14-16-33(39)21-9-6-15-32(33)26-20(17-21)10-11-22(40-2)28(26)44-29(23)32/h3-5,7-8,10-11,14,18,21,27,29,39H,6,9,12-13,15-17H2,1-2H3,(H,36,37)/t18-,21-,27-,29+,32+,33-/m0/s1. The Morgan fingerprint density at radius 3 is 2.52 bits per heavy atom. The Bertz CT molecular complexity index is 1530. The molecular weight excluding hydrogens is 572 g/mol. The largest absolute Gasteiger partial charge is 0.493 e. The molecule has 0 aromatic heterocycles. The molecule has 6 rings (SSSR count). The fourth-order valence-corrected chi connectivity index (χ4v) is 7.43. The lowest BCUT2D eigenvalue weighted by Crippen LogP contribution is -2.67. The van der Waals surface area contributed by atoms with Crippen LogP contribution in [0.4, 0.5) is 0 Å². The van der Waals surface area contributed by atoms with Crippen molar-refractivity contribution in [2.75, 3.05) is 7.11 Å². The highest BCUT2D eigenvalue weighted by molar-refractivity contribution is 5.84. The summed E-state index contributed by atoms with van der Waals surface area (Å²) in [4.78, 5) is 49.7. The first-order chi connectivity index (χ1) is 21.1. The first kappa shape index (κ1) is 29.7. The van der Waals surface area contributed by atoms with Crippen LogP contribution in [0.5, 0.6) is 11.5 Å². The van der Waals surface area contributed by atoms with Crippen LogP contribution in [0.2, 0.25) is 0 Å². The van der Waals surface area contributed by atoms with Crippen LogP contribution in [0.1, 0.15) is 68.2 Å². The van der Waals surface area contributed by atoms with Crippen LogP contribution in [-0.4, -0.2) is 59.0 Å². The van der Waals surface area contributed by atoms with E-state index in [1.54, 1.807) is 31.4 Å². The van der Waals surface area contributed by atoms with Crippen molar-refractivity contribution in [1.29, 1.82) is 0 Å². The molecule has 6 atom stereocenters. The third-order valence-electron chi connectivity index (χ3n) is 9.44. The number of aliphatic hydroxyl groups is 1. The molecule has 1 saturated carbocycles. The Kier molecular flexibility index (Phi) is 7.61. The van der Waals surface area contributed by atoms with Crippen LogP contribution in [0.3, 0.4) is 0 Å². The number of carbonyl (C=O) groups is 4. The zero-order valence-electron chi connectivity index (χ0n) is 24.4. The summed E-state index contributed by atoms with van der Waals surface area (Å²) in [7, 11) is 1.56. The molecule has 1 aliphatic heterocycles. The summed E-state index contributed by atoms with van der Waals surface area (Å²) in [6.45, 7) is 1.19. The predicted molar refractivity (Wildman–Crippen MR) is 152 cm³/mol. The van der Waals surface area contributed by atoms with E-state index in [1.165, 1.54) is 19.1 Å². The van der Waals surface area contributed by atoms with E-state index < -0.39 is 59.6 Å². The van der Waals surface area contributed by atoms with Crippen LogP contribution in [-0.2, 0) is 45.2 Å². The fraction of sp³-hybridized carbons (Fsp3) is 0.455. The van der Waals surface area contributed by atoms with Crippen molar-refractivity contribution in [2.24, 2.45) is 5.92 Å². The van der Waals surface area contributed by atoms with Crippen LogP contribution in [0.25, 0.3) is 0 Å². The summed E-state index contributed by atoms with van der Waals surface area (Å²) < 4.78 is 28.2. The zero-order valence-corrected chi connectivity index (χ0v) is 24.4. The zero-order chi connectivity index (χ0) is 31.2. The smallest absolute Gasteiger partial charge is 0.353 e. The maximum atomic E-state index is 13.1. The van der Waals surface area contributed by atoms with Crippen molar-refractivity contribution >= 4 is 23.9 Å². The molecule has 0 saturated heterocycles. The van der Waals surface area contributed by atoms with Gasteiger partial charge in [-0.1, -0.05) is 42.8 Å². The minimum Gasteiger partial charge on any atom is -0.493 e. The molecule has 0 amide bonds. The summed E-state index contributed by atoms with van der Waals surface area (Å²) in [6.07, 6.45) is 0.736. The number of ether oxygens (including phenoxy) is 5. The van der Waals surface area contributed by atoms with Gasteiger partial charge >= 0.3 is 23.9 Å². The lowest BCUT2D eigenvalue weighted by Gasteiger charge is -2.59. The highest BCUT2D eigenvalue weighted by atomic mass is 16.6. The second-order valence-corrected chi connectivity index (χ2v) is 11.8. The van der Waals surface area contributed by atoms with E-state index in [-0.39, 0.29) is 23.7 Å². The topological polar surface area (TPSA) is 155 Å². The van der Waals surface area contributed by atoms with Gasteiger partial charge < -0.3 is 33.9 Å². The molecule has 1 spiro atoms. The average Bonchev–Trinajstić information content (AvgIpc) is 3.35. The molecule has 0 radical (unpaired) electrons. The SMILES string of the molecule is COc1ccc2c3c1O[C@@H]1C(OC(=O)CCC(=O)O[C@H](C(=O)O[C@@H](C)C(=O)O)c4ccccc4)=CC[C@]4(O)[C@@H](CCC[C@@]314)C2. The normalized spacial score (nSPS) is 27.0. The van der Waals surface area contributed by atoms with Gasteiger partial charge in [-0.15, -0.1) is 0 Å². The molecule has 2 aromatic carbocycles. The van der Waals surface area contributed by atoms with E-state index in [9.17, 15) is 24.3 Å². The lowest BCUT2D eigenvalue weighted by atomic mass is 9.47. The molecule has 2 N–H and O–H groups in total. The predicted octanol–water partition coefficient (Wildman–Crippen LogP) is 3.69. The fourth-order valence-electron chi connectivity index (χ4n) is 7.43. The highest BCUT2D eigenvalue weighted by Crippen LogP contribution is 2.67. The Hall–Kier alpha value is -4.38. The maximum Gasteiger partial charge on any atom is 0.353 e. The molecule has 44 heavy (non-hydrogen) atoms. The van der Waals surface area contributed by atoms with E-state index in [2.05, 4.69) is 0 Å². The summed E-state index contributed by atoms with van der Waals surface area (Å²) >= 11 is 0. The first-order valence-electron chi connectivity index (χ1n) is 14.8. The van der Waals surface area contributed by atoms with E-state index in [1.807, 2.05) is 12.1 Å². The number of carbonyl (C=O) groups excluding carboxylic acids is 3. The Labute approximate surface area is 253 Å². The minimum absolute atomic E-state index is 0.0419. The van der Waals surface area contributed by atoms with Gasteiger partial charge in [0.15, 0.2) is 23.7 Å². The monoisotopic (exact) mass is 606 g/mol. The van der Waals surface area contributed by atoms with Gasteiger partial charge in [-0.2, -0.15) is 0 Å². The Balaban J connectivity index is 1.16. The van der Waals surface area contributed by atoms with Gasteiger partial charge in [0.25, 0.3) is 0 Å². The quantitative estimate of drug-likeness (QED) is 0.301. The van der Waals surface area contributed by atoms with Crippen LogP contribution in [0, 0.1) is 5.92 Å². The van der Waals surface area contributed by atoms with Crippen LogP contribution < -0.4 is 9.47 Å². The number of carboxylic acid groups (broad SMARTS) is 1. The van der Waals surface area contributed by atoms with Gasteiger partial charge in [0, 0.05) is 11.1 Å². The molecule has 0 unspecified atom stereocenters. The number of hydrogen-bond acceptors (Lipinski definition) is 10. The van der Waals surface area contributed by atoms with Gasteiger partial charge in [-0.25, -0.2) is 9.59 Å². The number of esters is 3. The van der Waals surface area contributed by atoms with Gasteiger partial charge in [-0.3, -0.25) is 9.59 Å². The lowest BCUT2D eigenvalue weighted by molar-refractivity contribution is -0.177. The van der Waals surface area contributed by atoms with Crippen LogP contribution >= 0.6 is 0 Å². The Morgan fingerprint density at radius 1 is 1.05 bits per heavy atom. The summed E-state index contributed by atoms with van der Waals surface area (Å²) in [5, 5.41) is 21.3. The molecular formula is C33H34O11. The minimum atomic E-state index is -1.51. The third kappa shape index (κ3) is 4.70. The van der Waals surface area contributed by atoms with E-state index >= 15 is 0 Å². The highest BCUT2D eigenvalue weighted by Gasteiger charge is 2.70. The molecule has 1 heterocycles. The molecule has 1 fully saturated rings. The molecule has 2 aromatic rings. The maximum absolute atomic E-state index is 13.1. The van der Waals surface area contributed by atoms with Crippen molar-refractivity contribution in [3.63, 3.8) is 0 Å². The molecule has 11 heteroatoms. The van der Waals surface area contributed by atoms with Crippen molar-refractivity contribution < 1.29 is 53.1 Å². The second-order valence-electron chi connectivity index (χ2n) is 11.8. The Morgan fingerprint density at radius 2 is 1.80 bits per heavy atom. The molecule has 2 bridgehead atoms. The number of benzene rings is 2. The second kappa shape index (κ2) is 11.3. The van der Waals surface area contributed by atoms with Gasteiger partial charge in [0.05, 0.1) is 31.0 Å². The van der Waals surface area contributed by atoms with Gasteiger partial charge in [-0.05, 0) is 56.2 Å². The molecule has 232 valence electrons.